The zero-order chi connectivity index (χ0) is 56.4. The zero-order valence-electron chi connectivity index (χ0n) is 51.4. The number of carbonyl (C=O) groups excluding carboxylic acids is 3. The van der Waals surface area contributed by atoms with Crippen molar-refractivity contribution in [3.63, 3.8) is 0 Å². The number of hydrogen-bond donors (Lipinski definition) is 0. The third kappa shape index (κ3) is 63.2. The highest BCUT2D eigenvalue weighted by molar-refractivity contribution is 5.71. The molecule has 1 unspecified atom stereocenters. The van der Waals surface area contributed by atoms with Crippen molar-refractivity contribution in [2.75, 3.05) is 13.2 Å². The SMILES string of the molecule is CC/C=C\C/C=C\C/C=C\C/C=C\C/C=C\CCCCCCCCCCCCCCCCCCCC(=O)OCC(COC(=O)CCCCCCCC)OC(=O)CCCCCCCC/C=C\C/C=C\C/C=C\CCCCCCC. The lowest BCUT2D eigenvalue weighted by Crippen LogP contribution is -2.30. The van der Waals surface area contributed by atoms with E-state index in [9.17, 15) is 14.4 Å². The highest BCUT2D eigenvalue weighted by Gasteiger charge is 2.19. The topological polar surface area (TPSA) is 78.9 Å². The molecule has 0 spiro atoms. The van der Waals surface area contributed by atoms with E-state index >= 15 is 0 Å². The smallest absolute Gasteiger partial charge is 0.306 e. The Balaban J connectivity index is 4.03. The van der Waals surface area contributed by atoms with Crippen molar-refractivity contribution >= 4 is 17.9 Å². The van der Waals surface area contributed by atoms with Gasteiger partial charge < -0.3 is 14.2 Å². The Morgan fingerprint density at radius 1 is 0.269 bits per heavy atom. The number of rotatable bonds is 60. The summed E-state index contributed by atoms with van der Waals surface area (Å²) in [5.74, 6) is -0.891. The number of hydrogen-bond acceptors (Lipinski definition) is 6. The van der Waals surface area contributed by atoms with Crippen LogP contribution in [0.4, 0.5) is 0 Å². The van der Waals surface area contributed by atoms with Crippen LogP contribution in [0.1, 0.15) is 323 Å². The lowest BCUT2D eigenvalue weighted by atomic mass is 10.0. The summed E-state index contributed by atoms with van der Waals surface area (Å²) >= 11 is 0. The van der Waals surface area contributed by atoms with Crippen LogP contribution < -0.4 is 0 Å². The molecule has 0 aromatic rings. The molecule has 0 heterocycles. The molecule has 0 saturated heterocycles. The van der Waals surface area contributed by atoms with Crippen LogP contribution in [0.3, 0.4) is 0 Å². The van der Waals surface area contributed by atoms with E-state index in [1.54, 1.807) is 0 Å². The van der Waals surface area contributed by atoms with E-state index in [2.05, 4.69) is 118 Å². The van der Waals surface area contributed by atoms with Crippen LogP contribution in [0, 0.1) is 0 Å². The minimum absolute atomic E-state index is 0.0796. The summed E-state index contributed by atoms with van der Waals surface area (Å²) in [5, 5.41) is 0. The van der Waals surface area contributed by atoms with Gasteiger partial charge in [0.25, 0.3) is 0 Å². The van der Waals surface area contributed by atoms with Gasteiger partial charge in [0.15, 0.2) is 6.10 Å². The van der Waals surface area contributed by atoms with Crippen LogP contribution in [-0.2, 0) is 28.6 Å². The maximum absolute atomic E-state index is 12.8. The molecule has 6 heteroatoms. The van der Waals surface area contributed by atoms with E-state index in [1.165, 1.54) is 167 Å². The van der Waals surface area contributed by atoms with Crippen molar-refractivity contribution in [3.05, 3.63) is 97.2 Å². The second-order valence-electron chi connectivity index (χ2n) is 22.0. The van der Waals surface area contributed by atoms with E-state index < -0.39 is 6.10 Å². The number of ether oxygens (including phenoxy) is 3. The summed E-state index contributed by atoms with van der Waals surface area (Å²) in [6.45, 7) is 6.47. The number of esters is 3. The Morgan fingerprint density at radius 3 is 0.782 bits per heavy atom. The van der Waals surface area contributed by atoms with Gasteiger partial charge in [-0.05, 0) is 103 Å². The summed E-state index contributed by atoms with van der Waals surface area (Å²) in [5.41, 5.74) is 0. The van der Waals surface area contributed by atoms with Crippen molar-refractivity contribution in [3.8, 4) is 0 Å². The van der Waals surface area contributed by atoms with E-state index in [-0.39, 0.29) is 31.1 Å². The van der Waals surface area contributed by atoms with Crippen LogP contribution in [0.5, 0.6) is 0 Å². The second-order valence-corrected chi connectivity index (χ2v) is 22.0. The molecule has 0 fully saturated rings. The van der Waals surface area contributed by atoms with Gasteiger partial charge in [-0.1, -0.05) is 298 Å². The monoisotopic (exact) mass is 1080 g/mol. The molecule has 0 aromatic carbocycles. The van der Waals surface area contributed by atoms with Gasteiger partial charge in [0.05, 0.1) is 0 Å². The molecule has 6 nitrogen and oxygen atoms in total. The molecule has 0 radical (unpaired) electrons. The molecule has 0 bridgehead atoms. The summed E-state index contributed by atoms with van der Waals surface area (Å²) < 4.78 is 16.8. The van der Waals surface area contributed by atoms with E-state index in [4.69, 9.17) is 14.2 Å². The first-order valence-electron chi connectivity index (χ1n) is 33.2. The molecule has 0 aliphatic rings. The average molecular weight is 1090 g/mol. The summed E-state index contributed by atoms with van der Waals surface area (Å²) in [6, 6.07) is 0. The van der Waals surface area contributed by atoms with Crippen molar-refractivity contribution in [1.82, 2.24) is 0 Å². The molecule has 0 saturated carbocycles. The van der Waals surface area contributed by atoms with Crippen molar-refractivity contribution in [2.45, 2.75) is 329 Å². The predicted molar refractivity (Wildman–Crippen MR) is 339 cm³/mol. The van der Waals surface area contributed by atoms with Gasteiger partial charge in [0.1, 0.15) is 13.2 Å². The molecule has 448 valence electrons. The first-order chi connectivity index (χ1) is 38.5. The number of carbonyl (C=O) groups is 3. The fourth-order valence-electron chi connectivity index (χ4n) is 9.36. The molecule has 1 atom stereocenters. The van der Waals surface area contributed by atoms with Crippen LogP contribution in [0.25, 0.3) is 0 Å². The summed E-state index contributed by atoms with van der Waals surface area (Å²) in [6.07, 6.45) is 88.9. The van der Waals surface area contributed by atoms with Crippen LogP contribution in [0.15, 0.2) is 97.2 Å². The summed E-state index contributed by atoms with van der Waals surface area (Å²) in [7, 11) is 0. The Bertz CT molecular complexity index is 1530. The molecule has 0 aromatic heterocycles. The van der Waals surface area contributed by atoms with Gasteiger partial charge in [-0.25, -0.2) is 0 Å². The Kier molecular flexibility index (Phi) is 62.7. The van der Waals surface area contributed by atoms with Gasteiger partial charge in [-0.2, -0.15) is 0 Å². The molecular formula is C72H124O6. The minimum Gasteiger partial charge on any atom is -0.462 e. The third-order valence-electron chi connectivity index (χ3n) is 14.3. The fraction of sp³-hybridized carbons (Fsp3) is 0.736. The lowest BCUT2D eigenvalue weighted by Gasteiger charge is -2.18. The quantitative estimate of drug-likeness (QED) is 0.0261. The second kappa shape index (κ2) is 65.8. The molecule has 0 N–H and O–H groups in total. The minimum atomic E-state index is -0.780. The van der Waals surface area contributed by atoms with Gasteiger partial charge in [0, 0.05) is 19.3 Å². The first kappa shape index (κ1) is 74.3. The molecule has 78 heavy (non-hydrogen) atoms. The molecule has 0 amide bonds. The normalized spacial score (nSPS) is 12.7. The number of unbranched alkanes of at least 4 members (excludes halogenated alkanes) is 33. The Morgan fingerprint density at radius 2 is 0.500 bits per heavy atom. The van der Waals surface area contributed by atoms with E-state index in [0.717, 1.165) is 116 Å². The van der Waals surface area contributed by atoms with Crippen LogP contribution in [-0.4, -0.2) is 37.2 Å². The third-order valence-corrected chi connectivity index (χ3v) is 14.3. The highest BCUT2D eigenvalue weighted by atomic mass is 16.6. The average Bonchev–Trinajstić information content (AvgIpc) is 3.44. The zero-order valence-corrected chi connectivity index (χ0v) is 51.4. The van der Waals surface area contributed by atoms with Gasteiger partial charge in [0.2, 0.25) is 0 Å². The standard InChI is InChI=1S/C72H124O6/c1-4-7-10-13-16-18-20-22-24-26-28-30-31-32-33-34-35-36-37-38-39-40-41-43-44-46-48-50-52-54-56-59-62-65-71(74)77-68-69(67-76-70(73)64-61-58-15-12-9-6-3)78-72(75)66-63-60-57-55-53-51-49-47-45-42-29-27-25-23-21-19-17-14-11-8-5-2/h7,10,16,18,21-24,27-30,32-33,45,47,69H,4-6,8-9,11-15,17,19-20,25-26,31,34-44,46,48-68H2,1-3H3/b10-7-,18-16-,23-21-,24-22-,29-27-,30-28-,33-32-,47-45-. The fourth-order valence-corrected chi connectivity index (χ4v) is 9.36. The molecular weight excluding hydrogens is 961 g/mol. The van der Waals surface area contributed by atoms with Crippen molar-refractivity contribution in [2.24, 2.45) is 0 Å². The Hall–Kier alpha value is -3.67. The van der Waals surface area contributed by atoms with E-state index in [1.807, 2.05) is 0 Å². The summed E-state index contributed by atoms with van der Waals surface area (Å²) in [4.78, 5) is 38.0. The lowest BCUT2D eigenvalue weighted by molar-refractivity contribution is -0.167. The van der Waals surface area contributed by atoms with Crippen molar-refractivity contribution < 1.29 is 28.6 Å². The van der Waals surface area contributed by atoms with Gasteiger partial charge in [-0.15, -0.1) is 0 Å². The maximum Gasteiger partial charge on any atom is 0.306 e. The molecule has 0 rings (SSSR count). The predicted octanol–water partition coefficient (Wildman–Crippen LogP) is 22.8. The van der Waals surface area contributed by atoms with Gasteiger partial charge in [-0.3, -0.25) is 14.4 Å². The molecule has 0 aliphatic carbocycles. The maximum atomic E-state index is 12.8. The van der Waals surface area contributed by atoms with E-state index in [0.29, 0.717) is 19.3 Å². The Labute approximate surface area is 483 Å². The van der Waals surface area contributed by atoms with Crippen LogP contribution in [0.2, 0.25) is 0 Å². The first-order valence-corrected chi connectivity index (χ1v) is 33.2. The van der Waals surface area contributed by atoms with Crippen LogP contribution >= 0.6 is 0 Å². The van der Waals surface area contributed by atoms with Crippen molar-refractivity contribution in [1.29, 1.82) is 0 Å². The largest absolute Gasteiger partial charge is 0.462 e. The molecule has 0 aliphatic heterocycles. The number of allylic oxidation sites excluding steroid dienone is 16. The van der Waals surface area contributed by atoms with Gasteiger partial charge >= 0.3 is 17.9 Å². The highest BCUT2D eigenvalue weighted by Crippen LogP contribution is 2.17.